The molecule has 0 fully saturated rings. The molecule has 0 aliphatic rings. The molecular weight excluding hydrogens is 308 g/mol. The van der Waals surface area contributed by atoms with Crippen LogP contribution in [0.4, 0.5) is 0 Å². The van der Waals surface area contributed by atoms with Gasteiger partial charge in [0.1, 0.15) is 0 Å². The maximum atomic E-state index is 12.2. The highest BCUT2D eigenvalue weighted by Crippen LogP contribution is 2.29. The van der Waals surface area contributed by atoms with Crippen LogP contribution in [0.15, 0.2) is 59.5 Å². The highest BCUT2D eigenvalue weighted by molar-refractivity contribution is 7.17. The first-order chi connectivity index (χ1) is 11.1. The van der Waals surface area contributed by atoms with Crippen LogP contribution in [-0.4, -0.2) is 10.9 Å². The molecule has 0 saturated heterocycles. The van der Waals surface area contributed by atoms with Crippen molar-refractivity contribution in [3.8, 4) is 10.4 Å². The van der Waals surface area contributed by atoms with Gasteiger partial charge in [-0.1, -0.05) is 30.3 Å². The van der Waals surface area contributed by atoms with Crippen LogP contribution in [0.2, 0.25) is 0 Å². The Kier molecular flexibility index (Phi) is 4.39. The largest absolute Gasteiger partial charge is 0.347 e. The molecule has 0 bridgehead atoms. The standard InChI is InChI=1S/C18H16N2O2S/c1-12-9-17(21)19-11-14(12)15-7-8-16(23-15)18(22)20-10-13-5-3-2-4-6-13/h2-9,11H,10H2,1H3,(H,19,21)(H,20,22). The van der Waals surface area contributed by atoms with Crippen LogP contribution in [0.25, 0.3) is 10.4 Å². The predicted molar refractivity (Wildman–Crippen MR) is 92.7 cm³/mol. The zero-order valence-electron chi connectivity index (χ0n) is 12.6. The number of amides is 1. The summed E-state index contributed by atoms with van der Waals surface area (Å²) in [5, 5.41) is 2.92. The van der Waals surface area contributed by atoms with Gasteiger partial charge in [0.25, 0.3) is 5.91 Å². The maximum absolute atomic E-state index is 12.2. The fraction of sp³-hybridized carbons (Fsp3) is 0.111. The lowest BCUT2D eigenvalue weighted by atomic mass is 10.1. The Bertz CT molecular complexity index is 881. The minimum absolute atomic E-state index is 0.0906. The summed E-state index contributed by atoms with van der Waals surface area (Å²) >= 11 is 1.42. The number of aryl methyl sites for hydroxylation is 1. The first-order valence-electron chi connectivity index (χ1n) is 7.25. The zero-order valence-corrected chi connectivity index (χ0v) is 13.4. The number of hydrogen-bond donors (Lipinski definition) is 2. The molecule has 3 aromatic rings. The minimum atomic E-state index is -0.122. The number of thiophene rings is 1. The molecule has 2 aromatic heterocycles. The van der Waals surface area contributed by atoms with Gasteiger partial charge in [0.15, 0.2) is 0 Å². The Morgan fingerprint density at radius 2 is 1.96 bits per heavy atom. The van der Waals surface area contributed by atoms with Crippen molar-refractivity contribution in [1.82, 2.24) is 10.3 Å². The molecule has 0 radical (unpaired) electrons. The predicted octanol–water partition coefficient (Wildman–Crippen LogP) is 3.34. The molecule has 116 valence electrons. The summed E-state index contributed by atoms with van der Waals surface area (Å²) in [7, 11) is 0. The number of hydrogen-bond acceptors (Lipinski definition) is 3. The number of carbonyl (C=O) groups excluding carboxylic acids is 1. The monoisotopic (exact) mass is 324 g/mol. The zero-order chi connectivity index (χ0) is 16.2. The van der Waals surface area contributed by atoms with E-state index in [2.05, 4.69) is 10.3 Å². The number of pyridine rings is 1. The van der Waals surface area contributed by atoms with E-state index in [-0.39, 0.29) is 11.5 Å². The molecule has 1 aromatic carbocycles. The van der Waals surface area contributed by atoms with Crippen LogP contribution in [-0.2, 0) is 6.54 Å². The summed E-state index contributed by atoms with van der Waals surface area (Å²) < 4.78 is 0. The van der Waals surface area contributed by atoms with Crippen molar-refractivity contribution in [2.24, 2.45) is 0 Å². The number of carbonyl (C=O) groups is 1. The van der Waals surface area contributed by atoms with Crippen molar-refractivity contribution in [2.75, 3.05) is 0 Å². The van der Waals surface area contributed by atoms with Crippen molar-refractivity contribution >= 4 is 17.2 Å². The van der Waals surface area contributed by atoms with Gasteiger partial charge in [0.05, 0.1) is 4.88 Å². The summed E-state index contributed by atoms with van der Waals surface area (Å²) in [6, 6.07) is 15.1. The lowest BCUT2D eigenvalue weighted by Gasteiger charge is -2.03. The Labute approximate surface area is 137 Å². The number of aromatic nitrogens is 1. The molecule has 2 heterocycles. The molecule has 0 aliphatic carbocycles. The van der Waals surface area contributed by atoms with Gasteiger partial charge in [-0.2, -0.15) is 0 Å². The molecule has 23 heavy (non-hydrogen) atoms. The smallest absolute Gasteiger partial charge is 0.261 e. The average Bonchev–Trinajstić information content (AvgIpc) is 3.03. The molecule has 0 saturated carbocycles. The second-order valence-corrected chi connectivity index (χ2v) is 6.31. The van der Waals surface area contributed by atoms with Gasteiger partial charge in [0.2, 0.25) is 5.56 Å². The molecule has 3 rings (SSSR count). The van der Waals surface area contributed by atoms with Crippen LogP contribution in [0.5, 0.6) is 0 Å². The molecule has 0 spiro atoms. The van der Waals surface area contributed by atoms with Gasteiger partial charge in [-0.15, -0.1) is 11.3 Å². The quantitative estimate of drug-likeness (QED) is 0.773. The fourth-order valence-corrected chi connectivity index (χ4v) is 3.31. The molecule has 4 nitrogen and oxygen atoms in total. The summed E-state index contributed by atoms with van der Waals surface area (Å²) in [6.45, 7) is 2.39. The number of aromatic amines is 1. The Morgan fingerprint density at radius 1 is 1.17 bits per heavy atom. The van der Waals surface area contributed by atoms with Crippen molar-refractivity contribution in [3.63, 3.8) is 0 Å². The third-order valence-corrected chi connectivity index (χ3v) is 4.64. The Balaban J connectivity index is 1.73. The lowest BCUT2D eigenvalue weighted by molar-refractivity contribution is 0.0955. The minimum Gasteiger partial charge on any atom is -0.347 e. The number of nitrogens with one attached hydrogen (secondary N) is 2. The first kappa shape index (κ1) is 15.2. The molecule has 0 unspecified atom stereocenters. The van der Waals surface area contributed by atoms with E-state index in [9.17, 15) is 9.59 Å². The molecule has 1 amide bonds. The molecule has 0 aliphatic heterocycles. The van der Waals surface area contributed by atoms with Crippen LogP contribution in [0, 0.1) is 6.92 Å². The van der Waals surface area contributed by atoms with Crippen molar-refractivity contribution in [3.05, 3.63) is 81.1 Å². The van der Waals surface area contributed by atoms with Gasteiger partial charge in [-0.3, -0.25) is 9.59 Å². The second-order valence-electron chi connectivity index (χ2n) is 5.23. The Hall–Kier alpha value is -2.66. The van der Waals surface area contributed by atoms with Gasteiger partial charge in [-0.05, 0) is 30.2 Å². The third kappa shape index (κ3) is 3.57. The van der Waals surface area contributed by atoms with Crippen molar-refractivity contribution in [1.29, 1.82) is 0 Å². The van der Waals surface area contributed by atoms with Gasteiger partial charge in [0, 0.05) is 29.2 Å². The summed E-state index contributed by atoms with van der Waals surface area (Å²) in [4.78, 5) is 27.8. The van der Waals surface area contributed by atoms with E-state index in [1.54, 1.807) is 12.3 Å². The normalized spacial score (nSPS) is 10.5. The van der Waals surface area contributed by atoms with E-state index in [4.69, 9.17) is 0 Å². The van der Waals surface area contributed by atoms with Crippen LogP contribution in [0.1, 0.15) is 20.8 Å². The number of H-pyrrole nitrogens is 1. The number of rotatable bonds is 4. The van der Waals surface area contributed by atoms with E-state index in [1.807, 2.05) is 49.4 Å². The van der Waals surface area contributed by atoms with Gasteiger partial charge < -0.3 is 10.3 Å². The van der Waals surface area contributed by atoms with Crippen LogP contribution in [0.3, 0.4) is 0 Å². The highest BCUT2D eigenvalue weighted by Gasteiger charge is 2.11. The molecule has 0 atom stereocenters. The average molecular weight is 324 g/mol. The number of benzene rings is 1. The first-order valence-corrected chi connectivity index (χ1v) is 8.07. The van der Waals surface area contributed by atoms with Gasteiger partial charge >= 0.3 is 0 Å². The van der Waals surface area contributed by atoms with Crippen LogP contribution >= 0.6 is 11.3 Å². The summed E-state index contributed by atoms with van der Waals surface area (Å²) in [5.74, 6) is -0.0906. The van der Waals surface area contributed by atoms with E-state index < -0.39 is 0 Å². The molecule has 5 heteroatoms. The Morgan fingerprint density at radius 3 is 2.70 bits per heavy atom. The molecule has 2 N–H and O–H groups in total. The van der Waals surface area contributed by atoms with Crippen molar-refractivity contribution in [2.45, 2.75) is 13.5 Å². The van der Waals surface area contributed by atoms with Crippen LogP contribution < -0.4 is 10.9 Å². The fourth-order valence-electron chi connectivity index (χ4n) is 2.31. The molecular formula is C18H16N2O2S. The van der Waals surface area contributed by atoms with E-state index in [0.29, 0.717) is 11.4 Å². The second kappa shape index (κ2) is 6.62. The third-order valence-electron chi connectivity index (χ3n) is 3.52. The topological polar surface area (TPSA) is 62.0 Å². The maximum Gasteiger partial charge on any atom is 0.261 e. The SMILES string of the molecule is Cc1cc(=O)[nH]cc1-c1ccc(C(=O)NCc2ccccc2)s1. The summed E-state index contributed by atoms with van der Waals surface area (Å²) in [5.41, 5.74) is 2.78. The van der Waals surface area contributed by atoms with E-state index in [1.165, 1.54) is 11.3 Å². The van der Waals surface area contributed by atoms with Crippen molar-refractivity contribution < 1.29 is 4.79 Å². The lowest BCUT2D eigenvalue weighted by Crippen LogP contribution is -2.21. The van der Waals surface area contributed by atoms with Gasteiger partial charge in [-0.25, -0.2) is 0 Å². The van der Waals surface area contributed by atoms with E-state index in [0.717, 1.165) is 21.6 Å². The van der Waals surface area contributed by atoms with E-state index >= 15 is 0 Å². The highest BCUT2D eigenvalue weighted by atomic mass is 32.1. The summed E-state index contributed by atoms with van der Waals surface area (Å²) in [6.07, 6.45) is 1.69.